The lowest BCUT2D eigenvalue weighted by Crippen LogP contribution is -2.15. The lowest BCUT2D eigenvalue weighted by molar-refractivity contribution is 0.477. The van der Waals surface area contributed by atoms with Crippen molar-refractivity contribution in [2.45, 2.75) is 23.6 Å². The van der Waals surface area contributed by atoms with Gasteiger partial charge in [-0.1, -0.05) is 6.07 Å². The molecule has 0 aliphatic rings. The number of benzene rings is 2. The predicted molar refractivity (Wildman–Crippen MR) is 86.2 cm³/mol. The summed E-state index contributed by atoms with van der Waals surface area (Å²) in [6.07, 6.45) is 0. The van der Waals surface area contributed by atoms with Crippen molar-refractivity contribution < 1.29 is 21.9 Å². The molecular formula is C14H16N2O5S2. The van der Waals surface area contributed by atoms with Crippen LogP contribution in [-0.2, 0) is 20.0 Å². The first-order valence-corrected chi connectivity index (χ1v) is 9.49. The van der Waals surface area contributed by atoms with Gasteiger partial charge in [0.1, 0.15) is 5.75 Å². The normalized spacial score (nSPS) is 12.1. The zero-order chi connectivity index (χ0) is 17.4. The molecule has 0 amide bonds. The van der Waals surface area contributed by atoms with Crippen LogP contribution >= 0.6 is 0 Å². The van der Waals surface area contributed by atoms with Gasteiger partial charge in [-0.05, 0) is 55.3 Å². The van der Waals surface area contributed by atoms with Crippen LogP contribution in [0.3, 0.4) is 0 Å². The average Bonchev–Trinajstić information content (AvgIpc) is 2.42. The Kier molecular flexibility index (Phi) is 4.38. The minimum atomic E-state index is -4.02. The van der Waals surface area contributed by atoms with Crippen LogP contribution in [0.4, 0.5) is 5.69 Å². The van der Waals surface area contributed by atoms with E-state index in [2.05, 4.69) is 4.72 Å². The van der Waals surface area contributed by atoms with Crippen molar-refractivity contribution in [3.63, 3.8) is 0 Å². The molecule has 2 rings (SSSR count). The zero-order valence-electron chi connectivity index (χ0n) is 12.4. The summed E-state index contributed by atoms with van der Waals surface area (Å²) < 4.78 is 49.6. The number of aryl methyl sites for hydroxylation is 2. The molecule has 4 N–H and O–H groups in total. The summed E-state index contributed by atoms with van der Waals surface area (Å²) in [5, 5.41) is 14.7. The lowest BCUT2D eigenvalue weighted by Gasteiger charge is -2.12. The van der Waals surface area contributed by atoms with Gasteiger partial charge in [0, 0.05) is 0 Å². The molecule has 9 heteroatoms. The molecule has 23 heavy (non-hydrogen) atoms. The Morgan fingerprint density at radius 2 is 1.52 bits per heavy atom. The molecule has 7 nitrogen and oxygen atoms in total. The number of rotatable bonds is 4. The summed E-state index contributed by atoms with van der Waals surface area (Å²) in [6, 6.07) is 7.66. The molecule has 0 bridgehead atoms. The van der Waals surface area contributed by atoms with Crippen LogP contribution in [0.1, 0.15) is 11.1 Å². The highest BCUT2D eigenvalue weighted by Gasteiger charge is 2.18. The summed E-state index contributed by atoms with van der Waals surface area (Å²) in [4.78, 5) is -0.311. The van der Waals surface area contributed by atoms with Crippen molar-refractivity contribution in [2.24, 2.45) is 5.14 Å². The highest BCUT2D eigenvalue weighted by atomic mass is 32.2. The molecular weight excluding hydrogens is 340 g/mol. The number of anilines is 1. The van der Waals surface area contributed by atoms with E-state index in [-0.39, 0.29) is 15.5 Å². The first kappa shape index (κ1) is 17.3. The summed E-state index contributed by atoms with van der Waals surface area (Å²) in [6.45, 7) is 3.62. The number of phenolic OH excluding ortho intramolecular Hbond substituents is 1. The second-order valence-corrected chi connectivity index (χ2v) is 8.32. The Balaban J connectivity index is 2.46. The van der Waals surface area contributed by atoms with Crippen LogP contribution in [0, 0.1) is 13.8 Å². The molecule has 0 atom stereocenters. The molecule has 2 aromatic carbocycles. The molecule has 0 saturated heterocycles. The number of nitrogens with one attached hydrogen (secondary N) is 1. The number of primary sulfonamides is 1. The van der Waals surface area contributed by atoms with Crippen molar-refractivity contribution in [2.75, 3.05) is 4.72 Å². The fourth-order valence-corrected chi connectivity index (χ4v) is 3.55. The van der Waals surface area contributed by atoms with Gasteiger partial charge >= 0.3 is 0 Å². The van der Waals surface area contributed by atoms with E-state index < -0.39 is 25.8 Å². The summed E-state index contributed by atoms with van der Waals surface area (Å²) in [5.41, 5.74) is 1.45. The lowest BCUT2D eigenvalue weighted by atomic mass is 10.1. The quantitative estimate of drug-likeness (QED) is 0.715. The topological polar surface area (TPSA) is 127 Å². The van der Waals surface area contributed by atoms with Crippen LogP contribution in [0.25, 0.3) is 0 Å². The molecule has 0 unspecified atom stereocenters. The predicted octanol–water partition coefficient (Wildman–Crippen LogP) is 1.46. The molecule has 0 saturated carbocycles. The highest BCUT2D eigenvalue weighted by Crippen LogP contribution is 2.28. The van der Waals surface area contributed by atoms with E-state index in [1.807, 2.05) is 6.92 Å². The number of hydrogen-bond donors (Lipinski definition) is 3. The Bertz CT molecular complexity index is 967. The van der Waals surface area contributed by atoms with Gasteiger partial charge in [0.25, 0.3) is 10.0 Å². The molecule has 124 valence electrons. The third-order valence-electron chi connectivity index (χ3n) is 3.33. The average molecular weight is 356 g/mol. The van der Waals surface area contributed by atoms with E-state index in [0.717, 1.165) is 29.3 Å². The van der Waals surface area contributed by atoms with E-state index in [4.69, 9.17) is 5.14 Å². The number of aromatic hydroxyl groups is 1. The minimum Gasteiger partial charge on any atom is -0.506 e. The van der Waals surface area contributed by atoms with E-state index in [9.17, 15) is 21.9 Å². The molecule has 0 radical (unpaired) electrons. The maximum Gasteiger partial charge on any atom is 0.262 e. The first-order valence-electron chi connectivity index (χ1n) is 6.46. The fraction of sp³-hybridized carbons (Fsp3) is 0.143. The van der Waals surface area contributed by atoms with E-state index in [0.29, 0.717) is 0 Å². The van der Waals surface area contributed by atoms with Gasteiger partial charge in [0.05, 0.1) is 15.5 Å². The van der Waals surface area contributed by atoms with E-state index >= 15 is 0 Å². The molecule has 0 aliphatic heterocycles. The molecule has 0 spiro atoms. The second-order valence-electron chi connectivity index (χ2n) is 5.08. The second kappa shape index (κ2) is 5.84. The summed E-state index contributed by atoms with van der Waals surface area (Å²) in [7, 11) is -8.00. The minimum absolute atomic E-state index is 0.000934. The van der Waals surface area contributed by atoms with Crippen LogP contribution in [-0.4, -0.2) is 21.9 Å². The van der Waals surface area contributed by atoms with Gasteiger partial charge in [-0.3, -0.25) is 4.72 Å². The summed E-state index contributed by atoms with van der Waals surface area (Å²) >= 11 is 0. The van der Waals surface area contributed by atoms with Crippen molar-refractivity contribution in [1.82, 2.24) is 0 Å². The van der Waals surface area contributed by atoms with Crippen LogP contribution in [0.5, 0.6) is 5.75 Å². The van der Waals surface area contributed by atoms with Crippen molar-refractivity contribution in [1.29, 1.82) is 0 Å². The first-order chi connectivity index (χ1) is 10.5. The van der Waals surface area contributed by atoms with Crippen LogP contribution in [0.15, 0.2) is 46.2 Å². The smallest absolute Gasteiger partial charge is 0.262 e. The van der Waals surface area contributed by atoms with Crippen LogP contribution in [0.2, 0.25) is 0 Å². The van der Waals surface area contributed by atoms with Crippen molar-refractivity contribution in [3.8, 4) is 5.75 Å². The zero-order valence-corrected chi connectivity index (χ0v) is 14.1. The molecule has 0 fully saturated rings. The maximum absolute atomic E-state index is 12.4. The van der Waals surface area contributed by atoms with Gasteiger partial charge in [-0.15, -0.1) is 0 Å². The maximum atomic E-state index is 12.4. The number of hydrogen-bond acceptors (Lipinski definition) is 5. The van der Waals surface area contributed by atoms with Gasteiger partial charge in [0.2, 0.25) is 10.0 Å². The number of sulfonamides is 2. The monoisotopic (exact) mass is 356 g/mol. The third-order valence-corrected chi connectivity index (χ3v) is 5.60. The Morgan fingerprint density at radius 1 is 0.913 bits per heavy atom. The molecule has 0 aliphatic carbocycles. The Hall–Kier alpha value is -2.10. The number of phenols is 1. The fourth-order valence-electron chi connectivity index (χ4n) is 1.86. The van der Waals surface area contributed by atoms with Gasteiger partial charge in [-0.25, -0.2) is 22.0 Å². The molecule has 0 aromatic heterocycles. The van der Waals surface area contributed by atoms with Gasteiger partial charge < -0.3 is 5.11 Å². The van der Waals surface area contributed by atoms with Gasteiger partial charge in [-0.2, -0.15) is 0 Å². The Labute approximate surface area is 134 Å². The standard InChI is InChI=1S/C14H16N2O5S2/c1-9-3-4-12(7-10(9)2)23(20,21)16-13-8-11(22(15,18)19)5-6-14(13)17/h3-8,16-17H,1-2H3,(H2,15,18,19). The van der Waals surface area contributed by atoms with Crippen molar-refractivity contribution in [3.05, 3.63) is 47.5 Å². The van der Waals surface area contributed by atoms with E-state index in [1.54, 1.807) is 13.0 Å². The SMILES string of the molecule is Cc1ccc(S(=O)(=O)Nc2cc(S(N)(=O)=O)ccc2O)cc1C. The molecule has 2 aromatic rings. The van der Waals surface area contributed by atoms with Crippen molar-refractivity contribution >= 4 is 25.7 Å². The highest BCUT2D eigenvalue weighted by molar-refractivity contribution is 7.92. The Morgan fingerprint density at radius 3 is 2.09 bits per heavy atom. The largest absolute Gasteiger partial charge is 0.506 e. The van der Waals surface area contributed by atoms with Gasteiger partial charge in [0.15, 0.2) is 0 Å². The molecule has 0 heterocycles. The summed E-state index contributed by atoms with van der Waals surface area (Å²) in [5.74, 6) is -0.412. The number of nitrogens with two attached hydrogens (primary N) is 1. The third kappa shape index (κ3) is 3.81. The van der Waals surface area contributed by atoms with E-state index in [1.165, 1.54) is 12.1 Å². The van der Waals surface area contributed by atoms with Crippen LogP contribution < -0.4 is 9.86 Å².